The van der Waals surface area contributed by atoms with Gasteiger partial charge in [-0.05, 0) is 31.0 Å². The molecule has 1 atom stereocenters. The largest absolute Gasteiger partial charge is 0.389 e. The van der Waals surface area contributed by atoms with Crippen molar-refractivity contribution in [3.05, 3.63) is 34.9 Å². The Labute approximate surface area is 77.2 Å². The van der Waals surface area contributed by atoms with Crippen LogP contribution in [0.25, 0.3) is 0 Å². The number of carbonyl (C=O) groups is 1. The molecule has 0 aliphatic heterocycles. The van der Waals surface area contributed by atoms with Gasteiger partial charge in [0.05, 0.1) is 6.10 Å². The van der Waals surface area contributed by atoms with Gasteiger partial charge < -0.3 is 10.8 Å². The van der Waals surface area contributed by atoms with Crippen molar-refractivity contribution in [3.8, 4) is 0 Å². The first-order chi connectivity index (χ1) is 6.02. The van der Waals surface area contributed by atoms with Crippen molar-refractivity contribution in [3.63, 3.8) is 0 Å². The van der Waals surface area contributed by atoms with Gasteiger partial charge >= 0.3 is 0 Å². The zero-order valence-electron chi connectivity index (χ0n) is 7.74. The standard InChI is InChI=1S/C10H13NO2/c1-6-3-4-8(7(2)12)5-9(6)10(11)13/h3-5,7,12H,1-2H3,(H2,11,13)/t7-/m0/s1. The zero-order chi connectivity index (χ0) is 10.0. The van der Waals surface area contributed by atoms with Crippen LogP contribution in [-0.4, -0.2) is 11.0 Å². The van der Waals surface area contributed by atoms with E-state index < -0.39 is 12.0 Å². The average Bonchev–Trinajstić information content (AvgIpc) is 2.04. The number of amides is 1. The smallest absolute Gasteiger partial charge is 0.248 e. The predicted molar refractivity (Wildman–Crippen MR) is 50.3 cm³/mol. The molecule has 0 aromatic heterocycles. The lowest BCUT2D eigenvalue weighted by atomic mass is 10.0. The van der Waals surface area contributed by atoms with Crippen molar-refractivity contribution in [1.29, 1.82) is 0 Å². The van der Waals surface area contributed by atoms with E-state index in [1.54, 1.807) is 25.1 Å². The highest BCUT2D eigenvalue weighted by atomic mass is 16.3. The average molecular weight is 179 g/mol. The third kappa shape index (κ3) is 2.06. The number of aryl methyl sites for hydroxylation is 1. The molecule has 0 aliphatic rings. The summed E-state index contributed by atoms with van der Waals surface area (Å²) in [6, 6.07) is 5.19. The van der Waals surface area contributed by atoms with Crippen LogP contribution in [0.5, 0.6) is 0 Å². The SMILES string of the molecule is Cc1ccc([C@H](C)O)cc1C(N)=O. The van der Waals surface area contributed by atoms with Crippen molar-refractivity contribution >= 4 is 5.91 Å². The van der Waals surface area contributed by atoms with Gasteiger partial charge in [-0.15, -0.1) is 0 Å². The van der Waals surface area contributed by atoms with Crippen molar-refractivity contribution in [1.82, 2.24) is 0 Å². The minimum Gasteiger partial charge on any atom is -0.389 e. The second-order valence-corrected chi connectivity index (χ2v) is 3.11. The van der Waals surface area contributed by atoms with Gasteiger partial charge in [0.15, 0.2) is 0 Å². The Morgan fingerprint density at radius 3 is 2.62 bits per heavy atom. The molecule has 0 fully saturated rings. The van der Waals surface area contributed by atoms with Gasteiger partial charge in [-0.3, -0.25) is 4.79 Å². The molecule has 0 bridgehead atoms. The highest BCUT2D eigenvalue weighted by Crippen LogP contribution is 2.16. The summed E-state index contributed by atoms with van der Waals surface area (Å²) in [5.74, 6) is -0.458. The molecule has 1 aromatic carbocycles. The van der Waals surface area contributed by atoms with E-state index in [-0.39, 0.29) is 0 Å². The van der Waals surface area contributed by atoms with Gasteiger partial charge in [0.25, 0.3) is 0 Å². The summed E-state index contributed by atoms with van der Waals surface area (Å²) in [6.45, 7) is 3.46. The number of aliphatic hydroxyl groups excluding tert-OH is 1. The fourth-order valence-electron chi connectivity index (χ4n) is 1.16. The quantitative estimate of drug-likeness (QED) is 0.715. The van der Waals surface area contributed by atoms with E-state index >= 15 is 0 Å². The third-order valence-electron chi connectivity index (χ3n) is 2.01. The molecule has 3 heteroatoms. The number of primary amides is 1. The fraction of sp³-hybridized carbons (Fsp3) is 0.300. The Morgan fingerprint density at radius 2 is 2.15 bits per heavy atom. The first kappa shape index (κ1) is 9.74. The molecule has 1 aromatic rings. The maximum atomic E-state index is 10.9. The molecule has 0 unspecified atom stereocenters. The Hall–Kier alpha value is -1.35. The van der Waals surface area contributed by atoms with Crippen LogP contribution in [0.2, 0.25) is 0 Å². The van der Waals surface area contributed by atoms with Gasteiger partial charge in [-0.1, -0.05) is 12.1 Å². The number of carbonyl (C=O) groups excluding carboxylic acids is 1. The van der Waals surface area contributed by atoms with Crippen LogP contribution in [0, 0.1) is 6.92 Å². The lowest BCUT2D eigenvalue weighted by molar-refractivity contribution is 0.0999. The van der Waals surface area contributed by atoms with Crippen molar-refractivity contribution < 1.29 is 9.90 Å². The Morgan fingerprint density at radius 1 is 1.54 bits per heavy atom. The van der Waals surface area contributed by atoms with Gasteiger partial charge in [-0.2, -0.15) is 0 Å². The molecule has 3 nitrogen and oxygen atoms in total. The van der Waals surface area contributed by atoms with Crippen LogP contribution in [-0.2, 0) is 0 Å². The topological polar surface area (TPSA) is 63.3 Å². The second-order valence-electron chi connectivity index (χ2n) is 3.11. The Balaban J connectivity index is 3.19. The summed E-state index contributed by atoms with van der Waals surface area (Å²) in [4.78, 5) is 10.9. The molecule has 0 aliphatic carbocycles. The Bertz CT molecular complexity index is 332. The normalized spacial score (nSPS) is 12.5. The maximum absolute atomic E-state index is 10.9. The number of hydrogen-bond donors (Lipinski definition) is 2. The lowest BCUT2D eigenvalue weighted by Crippen LogP contribution is -2.13. The van der Waals surface area contributed by atoms with E-state index in [1.165, 1.54) is 0 Å². The zero-order valence-corrected chi connectivity index (χ0v) is 7.74. The molecule has 13 heavy (non-hydrogen) atoms. The maximum Gasteiger partial charge on any atom is 0.248 e. The van der Waals surface area contributed by atoms with E-state index in [9.17, 15) is 9.90 Å². The highest BCUT2D eigenvalue weighted by molar-refractivity contribution is 5.94. The van der Waals surface area contributed by atoms with Crippen LogP contribution >= 0.6 is 0 Å². The first-order valence-corrected chi connectivity index (χ1v) is 4.11. The minimum absolute atomic E-state index is 0.458. The van der Waals surface area contributed by atoms with Gasteiger partial charge in [0, 0.05) is 5.56 Å². The number of benzene rings is 1. The Kier molecular flexibility index (Phi) is 2.68. The van der Waals surface area contributed by atoms with E-state index in [0.29, 0.717) is 11.1 Å². The number of nitrogens with two attached hydrogens (primary N) is 1. The molecule has 0 saturated heterocycles. The minimum atomic E-state index is -0.571. The third-order valence-corrected chi connectivity index (χ3v) is 2.01. The van der Waals surface area contributed by atoms with Crippen LogP contribution in [0.15, 0.2) is 18.2 Å². The molecule has 0 spiro atoms. The number of rotatable bonds is 2. The number of hydrogen-bond acceptors (Lipinski definition) is 2. The number of aliphatic hydroxyl groups is 1. The van der Waals surface area contributed by atoms with Crippen LogP contribution in [0.4, 0.5) is 0 Å². The van der Waals surface area contributed by atoms with E-state index in [0.717, 1.165) is 5.56 Å². The van der Waals surface area contributed by atoms with Crippen molar-refractivity contribution in [2.75, 3.05) is 0 Å². The van der Waals surface area contributed by atoms with Crippen LogP contribution in [0.3, 0.4) is 0 Å². The second kappa shape index (κ2) is 3.58. The summed E-state index contributed by atoms with van der Waals surface area (Å²) >= 11 is 0. The summed E-state index contributed by atoms with van der Waals surface area (Å²) < 4.78 is 0. The van der Waals surface area contributed by atoms with Gasteiger partial charge in [0.2, 0.25) is 5.91 Å². The molecule has 1 rings (SSSR count). The van der Waals surface area contributed by atoms with E-state index in [2.05, 4.69) is 0 Å². The molecule has 3 N–H and O–H groups in total. The monoisotopic (exact) mass is 179 g/mol. The lowest BCUT2D eigenvalue weighted by Gasteiger charge is -2.07. The molecular formula is C10H13NO2. The van der Waals surface area contributed by atoms with Gasteiger partial charge in [-0.25, -0.2) is 0 Å². The van der Waals surface area contributed by atoms with Gasteiger partial charge in [0.1, 0.15) is 0 Å². The van der Waals surface area contributed by atoms with Crippen molar-refractivity contribution in [2.24, 2.45) is 5.73 Å². The summed E-state index contributed by atoms with van der Waals surface area (Å²) in [6.07, 6.45) is -0.571. The fourth-order valence-corrected chi connectivity index (χ4v) is 1.16. The molecule has 70 valence electrons. The van der Waals surface area contributed by atoms with Crippen LogP contribution in [0.1, 0.15) is 34.5 Å². The van der Waals surface area contributed by atoms with E-state index in [4.69, 9.17) is 5.73 Å². The highest BCUT2D eigenvalue weighted by Gasteiger charge is 2.07. The molecule has 1 amide bonds. The van der Waals surface area contributed by atoms with E-state index in [1.807, 2.05) is 6.92 Å². The molecule has 0 heterocycles. The summed E-state index contributed by atoms with van der Waals surface area (Å²) in [7, 11) is 0. The van der Waals surface area contributed by atoms with Crippen molar-refractivity contribution in [2.45, 2.75) is 20.0 Å². The molecule has 0 saturated carbocycles. The summed E-state index contributed by atoms with van der Waals surface area (Å²) in [5, 5.41) is 9.27. The molecular weight excluding hydrogens is 166 g/mol. The summed E-state index contributed by atoms with van der Waals surface area (Å²) in [5.41, 5.74) is 7.17. The molecule has 0 radical (unpaired) electrons. The predicted octanol–water partition coefficient (Wildman–Crippen LogP) is 1.15. The van der Waals surface area contributed by atoms with Crippen LogP contribution < -0.4 is 5.73 Å². The first-order valence-electron chi connectivity index (χ1n) is 4.11.